The summed E-state index contributed by atoms with van der Waals surface area (Å²) in [5.41, 5.74) is 0. The Hall–Kier alpha value is -0.910. The van der Waals surface area contributed by atoms with Crippen molar-refractivity contribution in [2.24, 2.45) is 0 Å². The normalized spacial score (nSPS) is 17.1. The molecule has 2 heterocycles. The van der Waals surface area contributed by atoms with Crippen LogP contribution < -0.4 is 0 Å². The van der Waals surface area contributed by atoms with Crippen molar-refractivity contribution in [3.8, 4) is 0 Å². The lowest BCUT2D eigenvalue weighted by Gasteiger charge is -2.31. The van der Waals surface area contributed by atoms with Crippen molar-refractivity contribution in [2.75, 3.05) is 26.3 Å². The molecule has 0 radical (unpaired) electrons. The Morgan fingerprint density at radius 1 is 1.50 bits per heavy atom. The van der Waals surface area contributed by atoms with Crippen molar-refractivity contribution in [3.63, 3.8) is 0 Å². The van der Waals surface area contributed by atoms with Gasteiger partial charge in [-0.15, -0.1) is 11.3 Å². The van der Waals surface area contributed by atoms with Crippen LogP contribution in [0.4, 0.5) is 0 Å². The van der Waals surface area contributed by atoms with Gasteiger partial charge >= 0.3 is 0 Å². The van der Waals surface area contributed by atoms with Gasteiger partial charge in [0.05, 0.1) is 11.0 Å². The molecule has 5 heteroatoms. The van der Waals surface area contributed by atoms with Gasteiger partial charge in [0.2, 0.25) is 0 Å². The number of hydrogen-bond acceptors (Lipinski definition) is 4. The summed E-state index contributed by atoms with van der Waals surface area (Å²) in [5, 5.41) is 10.6. The fourth-order valence-electron chi connectivity index (χ4n) is 2.10. The van der Waals surface area contributed by atoms with Gasteiger partial charge in [-0.25, -0.2) is 0 Å². The molecule has 0 bridgehead atoms. The van der Waals surface area contributed by atoms with E-state index >= 15 is 0 Å². The summed E-state index contributed by atoms with van der Waals surface area (Å²) in [5.74, 6) is 0.138. The van der Waals surface area contributed by atoms with E-state index in [4.69, 9.17) is 9.84 Å². The summed E-state index contributed by atoms with van der Waals surface area (Å²) >= 11 is 1.49. The van der Waals surface area contributed by atoms with Gasteiger partial charge in [0.25, 0.3) is 5.91 Å². The SMILES string of the molecule is O=C(c1cccs1)N1CCC(OCCCO)CC1. The summed E-state index contributed by atoms with van der Waals surface area (Å²) in [6.45, 7) is 2.32. The van der Waals surface area contributed by atoms with Gasteiger partial charge in [0.15, 0.2) is 0 Å². The molecule has 0 unspecified atom stereocenters. The van der Waals surface area contributed by atoms with Crippen LogP contribution in [0.25, 0.3) is 0 Å². The van der Waals surface area contributed by atoms with Gasteiger partial charge < -0.3 is 14.7 Å². The van der Waals surface area contributed by atoms with Crippen LogP contribution in [0.1, 0.15) is 28.9 Å². The number of aliphatic hydroxyl groups excluding tert-OH is 1. The highest BCUT2D eigenvalue weighted by atomic mass is 32.1. The number of thiophene rings is 1. The third kappa shape index (κ3) is 3.54. The Morgan fingerprint density at radius 2 is 2.28 bits per heavy atom. The number of rotatable bonds is 5. The van der Waals surface area contributed by atoms with E-state index in [0.29, 0.717) is 13.0 Å². The van der Waals surface area contributed by atoms with Gasteiger partial charge in [0.1, 0.15) is 0 Å². The highest BCUT2D eigenvalue weighted by Gasteiger charge is 2.24. The van der Waals surface area contributed by atoms with Crippen LogP contribution in [0.3, 0.4) is 0 Å². The van der Waals surface area contributed by atoms with Crippen LogP contribution in [0.2, 0.25) is 0 Å². The van der Waals surface area contributed by atoms with Crippen LogP contribution in [-0.4, -0.2) is 48.3 Å². The maximum Gasteiger partial charge on any atom is 0.263 e. The molecule has 0 saturated carbocycles. The molecule has 1 aliphatic rings. The molecule has 100 valence electrons. The summed E-state index contributed by atoms with van der Waals surface area (Å²) < 4.78 is 5.65. The second-order valence-electron chi connectivity index (χ2n) is 4.42. The first kappa shape index (κ1) is 13.5. The topological polar surface area (TPSA) is 49.8 Å². The molecular formula is C13H19NO3S. The molecule has 1 aliphatic heterocycles. The zero-order chi connectivity index (χ0) is 12.8. The van der Waals surface area contributed by atoms with Crippen molar-refractivity contribution in [1.29, 1.82) is 0 Å². The summed E-state index contributed by atoms with van der Waals surface area (Å²) in [6.07, 6.45) is 2.71. The zero-order valence-corrected chi connectivity index (χ0v) is 11.2. The molecule has 1 aromatic heterocycles. The molecule has 0 aliphatic carbocycles. The largest absolute Gasteiger partial charge is 0.396 e. The number of hydrogen-bond donors (Lipinski definition) is 1. The number of ether oxygens (including phenoxy) is 1. The Balaban J connectivity index is 1.75. The number of likely N-dealkylation sites (tertiary alicyclic amines) is 1. The van der Waals surface area contributed by atoms with Crippen LogP contribution >= 0.6 is 11.3 Å². The first-order valence-corrected chi connectivity index (χ1v) is 7.24. The van der Waals surface area contributed by atoms with Crippen LogP contribution in [0, 0.1) is 0 Å². The molecule has 1 N–H and O–H groups in total. The Morgan fingerprint density at radius 3 is 2.89 bits per heavy atom. The first-order valence-electron chi connectivity index (χ1n) is 6.36. The Labute approximate surface area is 111 Å². The van der Waals surface area contributed by atoms with E-state index in [9.17, 15) is 4.79 Å². The third-order valence-electron chi connectivity index (χ3n) is 3.12. The van der Waals surface area contributed by atoms with E-state index in [2.05, 4.69) is 0 Å². The van der Waals surface area contributed by atoms with E-state index in [1.807, 2.05) is 22.4 Å². The average Bonchev–Trinajstić information content (AvgIpc) is 2.93. The molecule has 1 saturated heterocycles. The van der Waals surface area contributed by atoms with Crippen LogP contribution in [0.5, 0.6) is 0 Å². The van der Waals surface area contributed by atoms with Crippen molar-refractivity contribution in [3.05, 3.63) is 22.4 Å². The lowest BCUT2D eigenvalue weighted by molar-refractivity contribution is 0.00409. The number of nitrogens with zero attached hydrogens (tertiary/aromatic N) is 1. The standard InChI is InChI=1S/C13H19NO3S/c15-8-2-9-17-11-4-6-14(7-5-11)13(16)12-3-1-10-18-12/h1,3,10-11,15H,2,4-9H2. The summed E-state index contributed by atoms with van der Waals surface area (Å²) in [7, 11) is 0. The molecule has 4 nitrogen and oxygen atoms in total. The predicted molar refractivity (Wildman–Crippen MR) is 70.9 cm³/mol. The fourth-order valence-corrected chi connectivity index (χ4v) is 2.79. The first-order chi connectivity index (χ1) is 8.81. The van der Waals surface area contributed by atoms with Gasteiger partial charge in [-0.2, -0.15) is 0 Å². The minimum atomic E-state index is 0.138. The minimum absolute atomic E-state index is 0.138. The van der Waals surface area contributed by atoms with Crippen molar-refractivity contribution in [1.82, 2.24) is 4.90 Å². The van der Waals surface area contributed by atoms with Crippen LogP contribution in [0.15, 0.2) is 17.5 Å². The molecule has 0 spiro atoms. The van der Waals surface area contributed by atoms with Crippen molar-refractivity contribution in [2.45, 2.75) is 25.4 Å². The zero-order valence-electron chi connectivity index (χ0n) is 10.4. The smallest absolute Gasteiger partial charge is 0.263 e. The van der Waals surface area contributed by atoms with Gasteiger partial charge in [-0.1, -0.05) is 6.07 Å². The number of piperidine rings is 1. The van der Waals surface area contributed by atoms with Gasteiger partial charge in [0, 0.05) is 26.3 Å². The second-order valence-corrected chi connectivity index (χ2v) is 5.36. The quantitative estimate of drug-likeness (QED) is 0.829. The predicted octanol–water partition coefficient (Wildman–Crippen LogP) is 1.75. The van der Waals surface area contributed by atoms with E-state index in [-0.39, 0.29) is 18.6 Å². The molecule has 1 fully saturated rings. The fraction of sp³-hybridized carbons (Fsp3) is 0.615. The van der Waals surface area contributed by atoms with Gasteiger partial charge in [-0.05, 0) is 30.7 Å². The van der Waals surface area contributed by atoms with E-state index in [0.717, 1.165) is 30.8 Å². The Kier molecular flexibility index (Phi) is 5.16. The summed E-state index contributed by atoms with van der Waals surface area (Å²) in [6, 6.07) is 3.78. The Bertz CT molecular complexity index is 358. The third-order valence-corrected chi connectivity index (χ3v) is 3.98. The number of carbonyl (C=O) groups is 1. The van der Waals surface area contributed by atoms with Crippen molar-refractivity contribution < 1.29 is 14.6 Å². The number of amides is 1. The molecule has 2 rings (SSSR count). The average molecular weight is 269 g/mol. The van der Waals surface area contributed by atoms with E-state index in [1.54, 1.807) is 0 Å². The van der Waals surface area contributed by atoms with Gasteiger partial charge in [-0.3, -0.25) is 4.79 Å². The molecule has 0 aromatic carbocycles. The highest BCUT2D eigenvalue weighted by molar-refractivity contribution is 7.12. The van der Waals surface area contributed by atoms with E-state index in [1.165, 1.54) is 11.3 Å². The molecule has 1 aromatic rings. The van der Waals surface area contributed by atoms with E-state index < -0.39 is 0 Å². The molecule has 1 amide bonds. The molecular weight excluding hydrogens is 250 g/mol. The number of carbonyl (C=O) groups excluding carboxylic acids is 1. The maximum absolute atomic E-state index is 12.1. The van der Waals surface area contributed by atoms with Crippen molar-refractivity contribution >= 4 is 17.2 Å². The lowest BCUT2D eigenvalue weighted by atomic mass is 10.1. The minimum Gasteiger partial charge on any atom is -0.396 e. The monoisotopic (exact) mass is 269 g/mol. The molecule has 0 atom stereocenters. The lowest BCUT2D eigenvalue weighted by Crippen LogP contribution is -2.40. The molecule has 18 heavy (non-hydrogen) atoms. The summed E-state index contributed by atoms with van der Waals surface area (Å²) in [4.78, 5) is 14.8. The number of aliphatic hydroxyl groups is 1. The second kappa shape index (κ2) is 6.87. The van der Waals surface area contributed by atoms with Crippen LogP contribution in [-0.2, 0) is 4.74 Å². The maximum atomic E-state index is 12.1. The highest BCUT2D eigenvalue weighted by Crippen LogP contribution is 2.18.